The predicted octanol–water partition coefficient (Wildman–Crippen LogP) is 5.04. The lowest BCUT2D eigenvalue weighted by molar-refractivity contribution is -0.128. The van der Waals surface area contributed by atoms with Crippen molar-refractivity contribution in [2.45, 2.75) is 51.5 Å². The molecule has 3 aromatic rings. The molecule has 1 heterocycles. The summed E-state index contributed by atoms with van der Waals surface area (Å²) in [4.78, 5) is 30.3. The standard InChI is InChI=1S/C29H36N4O4/c1-21(2)19-36-25-12-10-24(11-13-25)31-16-17-32-28(35)29(14-4-3-5-15-29)33-27(34)23-8-6-22(7-9-23)26-18-30-20-37-26/h6-13,18,20-21,31H,3-5,14-17,19H2,1-2H3,(H,32,35)(H,33,34). The molecule has 0 aliphatic heterocycles. The van der Waals surface area contributed by atoms with Gasteiger partial charge in [-0.25, -0.2) is 4.98 Å². The molecule has 1 saturated carbocycles. The highest BCUT2D eigenvalue weighted by atomic mass is 16.5. The Hall–Kier alpha value is -3.81. The van der Waals surface area contributed by atoms with Gasteiger partial charge in [0.2, 0.25) is 5.91 Å². The van der Waals surface area contributed by atoms with Gasteiger partial charge >= 0.3 is 0 Å². The number of anilines is 1. The van der Waals surface area contributed by atoms with Crippen molar-refractivity contribution in [3.8, 4) is 17.1 Å². The van der Waals surface area contributed by atoms with E-state index in [0.29, 0.717) is 49.8 Å². The number of hydrogen-bond donors (Lipinski definition) is 3. The molecule has 4 rings (SSSR count). The number of carbonyl (C=O) groups is 2. The Morgan fingerprint density at radius 2 is 1.73 bits per heavy atom. The molecule has 1 aliphatic carbocycles. The predicted molar refractivity (Wildman–Crippen MR) is 143 cm³/mol. The van der Waals surface area contributed by atoms with Gasteiger partial charge in [0.25, 0.3) is 5.91 Å². The number of oxazole rings is 1. The second-order valence-corrected chi connectivity index (χ2v) is 9.95. The number of amides is 2. The zero-order valence-electron chi connectivity index (χ0n) is 21.6. The SMILES string of the molecule is CC(C)COc1ccc(NCCNC(=O)C2(NC(=O)c3ccc(-c4cnco4)cc3)CCCCC2)cc1. The lowest BCUT2D eigenvalue weighted by Crippen LogP contribution is -2.60. The van der Waals surface area contributed by atoms with E-state index in [9.17, 15) is 9.59 Å². The molecule has 1 aliphatic rings. The molecule has 0 spiro atoms. The fourth-order valence-corrected chi connectivity index (χ4v) is 4.48. The van der Waals surface area contributed by atoms with Crippen molar-refractivity contribution in [2.75, 3.05) is 25.0 Å². The Bertz CT molecular complexity index is 1140. The van der Waals surface area contributed by atoms with Crippen LogP contribution in [0.1, 0.15) is 56.3 Å². The zero-order valence-corrected chi connectivity index (χ0v) is 21.6. The van der Waals surface area contributed by atoms with Crippen molar-refractivity contribution in [1.29, 1.82) is 0 Å². The lowest BCUT2D eigenvalue weighted by atomic mass is 9.80. The smallest absolute Gasteiger partial charge is 0.252 e. The van der Waals surface area contributed by atoms with Crippen LogP contribution in [0.5, 0.6) is 5.75 Å². The van der Waals surface area contributed by atoms with Crippen LogP contribution in [0, 0.1) is 5.92 Å². The highest BCUT2D eigenvalue weighted by Crippen LogP contribution is 2.29. The number of nitrogens with zero attached hydrogens (tertiary/aromatic N) is 1. The molecule has 8 nitrogen and oxygen atoms in total. The van der Waals surface area contributed by atoms with Gasteiger partial charge < -0.3 is 25.1 Å². The average Bonchev–Trinajstić information content (AvgIpc) is 3.46. The number of nitrogens with one attached hydrogen (secondary N) is 3. The second-order valence-electron chi connectivity index (χ2n) is 9.95. The summed E-state index contributed by atoms with van der Waals surface area (Å²) in [5.74, 6) is 1.58. The van der Waals surface area contributed by atoms with Crippen molar-refractivity contribution < 1.29 is 18.7 Å². The number of rotatable bonds is 11. The third kappa shape index (κ3) is 7.12. The normalized spacial score (nSPS) is 14.7. The molecule has 0 saturated heterocycles. The minimum atomic E-state index is -0.895. The number of carbonyl (C=O) groups excluding carboxylic acids is 2. The maximum atomic E-state index is 13.3. The molecule has 1 fully saturated rings. The lowest BCUT2D eigenvalue weighted by Gasteiger charge is -2.36. The van der Waals surface area contributed by atoms with E-state index in [-0.39, 0.29) is 11.8 Å². The van der Waals surface area contributed by atoms with Crippen LogP contribution in [0.3, 0.4) is 0 Å². The van der Waals surface area contributed by atoms with Crippen molar-refractivity contribution in [3.05, 3.63) is 66.7 Å². The molecule has 3 N–H and O–H groups in total. The van der Waals surface area contributed by atoms with E-state index < -0.39 is 5.54 Å². The first-order chi connectivity index (χ1) is 17.9. The molecule has 2 aromatic carbocycles. The summed E-state index contributed by atoms with van der Waals surface area (Å²) < 4.78 is 11.0. The highest BCUT2D eigenvalue weighted by Gasteiger charge is 2.40. The van der Waals surface area contributed by atoms with Crippen LogP contribution in [0.2, 0.25) is 0 Å². The van der Waals surface area contributed by atoms with Gasteiger partial charge in [0.05, 0.1) is 12.8 Å². The van der Waals surface area contributed by atoms with E-state index in [0.717, 1.165) is 36.3 Å². The van der Waals surface area contributed by atoms with E-state index in [4.69, 9.17) is 9.15 Å². The Kier molecular flexibility index (Phi) is 8.82. The van der Waals surface area contributed by atoms with Crippen LogP contribution in [-0.4, -0.2) is 42.0 Å². The molecule has 0 bridgehead atoms. The summed E-state index contributed by atoms with van der Waals surface area (Å²) in [6.07, 6.45) is 7.13. The summed E-state index contributed by atoms with van der Waals surface area (Å²) in [7, 11) is 0. The minimum Gasteiger partial charge on any atom is -0.493 e. The van der Waals surface area contributed by atoms with Gasteiger partial charge in [-0.2, -0.15) is 0 Å². The van der Waals surface area contributed by atoms with E-state index in [1.165, 1.54) is 6.39 Å². The fourth-order valence-electron chi connectivity index (χ4n) is 4.48. The summed E-state index contributed by atoms with van der Waals surface area (Å²) in [5.41, 5.74) is 1.41. The quantitative estimate of drug-likeness (QED) is 0.316. The van der Waals surface area contributed by atoms with Crippen LogP contribution in [0.4, 0.5) is 5.69 Å². The van der Waals surface area contributed by atoms with Crippen molar-refractivity contribution in [3.63, 3.8) is 0 Å². The molecule has 196 valence electrons. The first-order valence-corrected chi connectivity index (χ1v) is 13.0. The summed E-state index contributed by atoms with van der Waals surface area (Å²) >= 11 is 0. The van der Waals surface area contributed by atoms with Gasteiger partial charge in [0.1, 0.15) is 11.3 Å². The number of aromatic nitrogens is 1. The minimum absolute atomic E-state index is 0.127. The number of ether oxygens (including phenoxy) is 1. The Morgan fingerprint density at radius 1 is 1.00 bits per heavy atom. The van der Waals surface area contributed by atoms with Crippen LogP contribution < -0.4 is 20.7 Å². The summed E-state index contributed by atoms with van der Waals surface area (Å²) in [5, 5.41) is 9.42. The third-order valence-corrected chi connectivity index (χ3v) is 6.54. The largest absolute Gasteiger partial charge is 0.493 e. The van der Waals surface area contributed by atoms with Gasteiger partial charge in [0, 0.05) is 29.9 Å². The Labute approximate surface area is 218 Å². The molecule has 0 radical (unpaired) electrons. The van der Waals surface area contributed by atoms with Crippen molar-refractivity contribution in [1.82, 2.24) is 15.6 Å². The van der Waals surface area contributed by atoms with Gasteiger partial charge in [-0.05, 0) is 55.2 Å². The second kappa shape index (κ2) is 12.4. The van der Waals surface area contributed by atoms with Gasteiger partial charge in [-0.3, -0.25) is 9.59 Å². The first-order valence-electron chi connectivity index (χ1n) is 13.0. The zero-order chi connectivity index (χ0) is 26.1. The van der Waals surface area contributed by atoms with Gasteiger partial charge in [-0.1, -0.05) is 45.2 Å². The van der Waals surface area contributed by atoms with Crippen molar-refractivity contribution >= 4 is 17.5 Å². The molecule has 0 atom stereocenters. The fraction of sp³-hybridized carbons (Fsp3) is 0.414. The summed E-state index contributed by atoms with van der Waals surface area (Å²) in [6.45, 7) is 5.95. The third-order valence-electron chi connectivity index (χ3n) is 6.54. The average molecular weight is 505 g/mol. The molecular weight excluding hydrogens is 468 g/mol. The van der Waals surface area contributed by atoms with Crippen molar-refractivity contribution in [2.24, 2.45) is 5.92 Å². The van der Waals surface area contributed by atoms with Crippen LogP contribution >= 0.6 is 0 Å². The van der Waals surface area contributed by atoms with E-state index >= 15 is 0 Å². The number of benzene rings is 2. The maximum absolute atomic E-state index is 13.3. The first kappa shape index (κ1) is 26.3. The van der Waals surface area contributed by atoms with Crippen LogP contribution in [0.25, 0.3) is 11.3 Å². The molecular formula is C29H36N4O4. The number of hydrogen-bond acceptors (Lipinski definition) is 6. The molecule has 8 heteroatoms. The van der Waals surface area contributed by atoms with E-state index in [1.54, 1.807) is 18.3 Å². The Morgan fingerprint density at radius 3 is 2.38 bits per heavy atom. The summed E-state index contributed by atoms with van der Waals surface area (Å²) in [6, 6.07) is 14.9. The monoisotopic (exact) mass is 504 g/mol. The van der Waals surface area contributed by atoms with Crippen LogP contribution in [-0.2, 0) is 4.79 Å². The van der Waals surface area contributed by atoms with E-state index in [2.05, 4.69) is 34.8 Å². The topological polar surface area (TPSA) is 105 Å². The highest BCUT2D eigenvalue weighted by molar-refractivity contribution is 5.99. The molecule has 37 heavy (non-hydrogen) atoms. The molecule has 0 unspecified atom stereocenters. The van der Waals surface area contributed by atoms with E-state index in [1.807, 2.05) is 36.4 Å². The van der Waals surface area contributed by atoms with Gasteiger partial charge in [-0.15, -0.1) is 0 Å². The van der Waals surface area contributed by atoms with Crippen LogP contribution in [0.15, 0.2) is 65.5 Å². The molecule has 2 amide bonds. The maximum Gasteiger partial charge on any atom is 0.252 e. The molecule has 1 aromatic heterocycles. The van der Waals surface area contributed by atoms with Gasteiger partial charge in [0.15, 0.2) is 12.2 Å². The Balaban J connectivity index is 1.30.